The Morgan fingerprint density at radius 3 is 2.00 bits per heavy atom. The van der Waals surface area contributed by atoms with Crippen LogP contribution in [-0.2, 0) is 0 Å². The molecule has 15 heavy (non-hydrogen) atoms. The van der Waals surface area contributed by atoms with Crippen LogP contribution >= 0.6 is 0 Å². The Labute approximate surface area is 94.9 Å². The number of nitrogens with zero attached hydrogens (tertiary/aromatic N) is 1. The number of rotatable bonds is 4. The smallest absolute Gasteiger partial charge is 0.0471 e. The van der Waals surface area contributed by atoms with Gasteiger partial charge in [-0.3, -0.25) is 0 Å². The molecular weight excluding hydrogens is 188 g/mol. The fourth-order valence-electron chi connectivity index (χ4n) is 1.75. The Bertz CT molecular complexity index is 115. The molecule has 0 radical (unpaired) electrons. The molecule has 0 aliphatic carbocycles. The van der Waals surface area contributed by atoms with Crippen molar-refractivity contribution in [3.05, 3.63) is 0 Å². The first-order valence-corrected chi connectivity index (χ1v) is 6.32. The first kappa shape index (κ1) is 14.9. The van der Waals surface area contributed by atoms with Crippen LogP contribution in [0.15, 0.2) is 0 Å². The van der Waals surface area contributed by atoms with Gasteiger partial charge in [-0.1, -0.05) is 20.8 Å². The van der Waals surface area contributed by atoms with Crippen molar-refractivity contribution in [2.24, 2.45) is 5.92 Å². The van der Waals surface area contributed by atoms with Gasteiger partial charge in [0.2, 0.25) is 0 Å². The minimum absolute atomic E-state index is 0.354. The quantitative estimate of drug-likeness (QED) is 0.744. The van der Waals surface area contributed by atoms with Gasteiger partial charge < -0.3 is 15.3 Å². The van der Waals surface area contributed by atoms with Crippen LogP contribution in [0, 0.1) is 5.92 Å². The Morgan fingerprint density at radius 2 is 1.80 bits per heavy atom. The van der Waals surface area contributed by atoms with Gasteiger partial charge in [-0.05, 0) is 44.9 Å². The number of hydrogen-bond donors (Lipinski definition) is 2. The average Bonchev–Trinajstić information content (AvgIpc) is 2.33. The maximum Gasteiger partial charge on any atom is 0.0471 e. The molecule has 2 N–H and O–H groups in total. The standard InChI is InChI=1S/C6H13NO.C6H15N/c8-5-6-2-1-3-7-4-6;1-4-7(5-2)6-3/h6-8H,1-5H2;4-6H2,1-3H3. The van der Waals surface area contributed by atoms with Gasteiger partial charge in [-0.2, -0.15) is 0 Å². The highest BCUT2D eigenvalue weighted by Gasteiger charge is 2.09. The normalized spacial score (nSPS) is 21.0. The summed E-state index contributed by atoms with van der Waals surface area (Å²) in [6, 6.07) is 0. The van der Waals surface area contributed by atoms with Crippen molar-refractivity contribution in [1.82, 2.24) is 10.2 Å². The number of nitrogens with one attached hydrogen (secondary N) is 1. The van der Waals surface area contributed by atoms with Crippen LogP contribution in [0.1, 0.15) is 33.6 Å². The predicted molar refractivity (Wildman–Crippen MR) is 66.1 cm³/mol. The first-order valence-electron chi connectivity index (χ1n) is 6.32. The van der Waals surface area contributed by atoms with E-state index in [1.807, 2.05) is 0 Å². The number of aliphatic hydroxyl groups excluding tert-OH is 1. The largest absolute Gasteiger partial charge is 0.396 e. The first-order chi connectivity index (χ1) is 7.28. The van der Waals surface area contributed by atoms with Gasteiger partial charge in [0.05, 0.1) is 0 Å². The van der Waals surface area contributed by atoms with E-state index >= 15 is 0 Å². The van der Waals surface area contributed by atoms with Crippen molar-refractivity contribution in [2.75, 3.05) is 39.3 Å². The maximum atomic E-state index is 8.65. The second kappa shape index (κ2) is 10.4. The molecule has 0 aromatic carbocycles. The molecular formula is C12H28N2O. The zero-order valence-electron chi connectivity index (χ0n) is 10.6. The molecule has 0 aromatic heterocycles. The fourth-order valence-corrected chi connectivity index (χ4v) is 1.75. The van der Waals surface area contributed by atoms with E-state index in [0.717, 1.165) is 13.1 Å². The van der Waals surface area contributed by atoms with Gasteiger partial charge in [0.15, 0.2) is 0 Å². The molecule has 3 heteroatoms. The Hall–Kier alpha value is -0.120. The molecule has 1 heterocycles. The zero-order chi connectivity index (χ0) is 11.5. The van der Waals surface area contributed by atoms with Crippen LogP contribution in [0.25, 0.3) is 0 Å². The number of piperidine rings is 1. The lowest BCUT2D eigenvalue weighted by atomic mass is 10.0. The second-order valence-electron chi connectivity index (χ2n) is 4.01. The molecule has 0 amide bonds. The lowest BCUT2D eigenvalue weighted by Gasteiger charge is -2.19. The molecule has 3 nitrogen and oxygen atoms in total. The fraction of sp³-hybridized carbons (Fsp3) is 1.00. The van der Waals surface area contributed by atoms with Crippen molar-refractivity contribution in [1.29, 1.82) is 0 Å². The van der Waals surface area contributed by atoms with Crippen LogP contribution in [0.2, 0.25) is 0 Å². The summed E-state index contributed by atoms with van der Waals surface area (Å²) >= 11 is 0. The lowest BCUT2D eigenvalue weighted by Crippen LogP contribution is -2.31. The van der Waals surface area contributed by atoms with E-state index in [4.69, 9.17) is 5.11 Å². The Kier molecular flexibility index (Phi) is 10.3. The van der Waals surface area contributed by atoms with E-state index in [1.165, 1.54) is 32.5 Å². The second-order valence-corrected chi connectivity index (χ2v) is 4.01. The molecule has 0 bridgehead atoms. The van der Waals surface area contributed by atoms with Gasteiger partial charge in [0.1, 0.15) is 0 Å². The lowest BCUT2D eigenvalue weighted by molar-refractivity contribution is 0.199. The molecule has 0 spiro atoms. The molecule has 1 rings (SSSR count). The summed E-state index contributed by atoms with van der Waals surface area (Å²) < 4.78 is 0. The highest BCUT2D eigenvalue weighted by Crippen LogP contribution is 2.07. The molecule has 0 aromatic rings. The summed E-state index contributed by atoms with van der Waals surface area (Å²) in [7, 11) is 0. The summed E-state index contributed by atoms with van der Waals surface area (Å²) in [5.74, 6) is 0.531. The van der Waals surface area contributed by atoms with Crippen molar-refractivity contribution in [3.63, 3.8) is 0 Å². The van der Waals surface area contributed by atoms with Crippen molar-refractivity contribution in [2.45, 2.75) is 33.6 Å². The highest BCUT2D eigenvalue weighted by atomic mass is 16.3. The maximum absolute atomic E-state index is 8.65. The van der Waals surface area contributed by atoms with Crippen molar-refractivity contribution in [3.8, 4) is 0 Å². The third-order valence-corrected chi connectivity index (χ3v) is 3.00. The number of hydrogen-bond acceptors (Lipinski definition) is 3. The van der Waals surface area contributed by atoms with Crippen LogP contribution < -0.4 is 5.32 Å². The van der Waals surface area contributed by atoms with Gasteiger partial charge >= 0.3 is 0 Å². The van der Waals surface area contributed by atoms with Crippen LogP contribution in [-0.4, -0.2) is 49.3 Å². The van der Waals surface area contributed by atoms with Crippen LogP contribution in [0.5, 0.6) is 0 Å². The van der Waals surface area contributed by atoms with Gasteiger partial charge in [-0.25, -0.2) is 0 Å². The minimum Gasteiger partial charge on any atom is -0.396 e. The Morgan fingerprint density at radius 1 is 1.20 bits per heavy atom. The summed E-state index contributed by atoms with van der Waals surface area (Å²) in [5.41, 5.74) is 0. The third-order valence-electron chi connectivity index (χ3n) is 3.00. The summed E-state index contributed by atoms with van der Waals surface area (Å²) in [5, 5.41) is 11.9. The van der Waals surface area contributed by atoms with Gasteiger partial charge in [0, 0.05) is 13.2 Å². The third kappa shape index (κ3) is 7.77. The van der Waals surface area contributed by atoms with Crippen molar-refractivity contribution < 1.29 is 5.11 Å². The van der Waals surface area contributed by atoms with E-state index in [1.54, 1.807) is 0 Å². The molecule has 1 saturated heterocycles. The van der Waals surface area contributed by atoms with E-state index < -0.39 is 0 Å². The molecule has 1 aliphatic rings. The Balaban J connectivity index is 0.000000265. The average molecular weight is 216 g/mol. The van der Waals surface area contributed by atoms with E-state index in [9.17, 15) is 0 Å². The van der Waals surface area contributed by atoms with E-state index in [2.05, 4.69) is 31.0 Å². The minimum atomic E-state index is 0.354. The monoisotopic (exact) mass is 216 g/mol. The van der Waals surface area contributed by atoms with Crippen LogP contribution in [0.4, 0.5) is 0 Å². The van der Waals surface area contributed by atoms with Crippen molar-refractivity contribution >= 4 is 0 Å². The zero-order valence-corrected chi connectivity index (χ0v) is 10.6. The number of aliphatic hydroxyl groups is 1. The highest BCUT2D eigenvalue weighted by molar-refractivity contribution is 4.66. The molecule has 1 atom stereocenters. The molecule has 1 fully saturated rings. The van der Waals surface area contributed by atoms with Gasteiger partial charge in [-0.15, -0.1) is 0 Å². The predicted octanol–water partition coefficient (Wildman–Crippen LogP) is 1.33. The molecule has 1 unspecified atom stereocenters. The van der Waals surface area contributed by atoms with E-state index in [-0.39, 0.29) is 0 Å². The van der Waals surface area contributed by atoms with E-state index in [0.29, 0.717) is 12.5 Å². The molecule has 1 aliphatic heterocycles. The molecule has 0 saturated carbocycles. The SMILES string of the molecule is CCN(CC)CC.OCC1CCCNC1. The summed E-state index contributed by atoms with van der Waals surface area (Å²) in [6.45, 7) is 12.6. The topological polar surface area (TPSA) is 35.5 Å². The van der Waals surface area contributed by atoms with Crippen LogP contribution in [0.3, 0.4) is 0 Å². The van der Waals surface area contributed by atoms with Gasteiger partial charge in [0.25, 0.3) is 0 Å². The molecule has 92 valence electrons. The summed E-state index contributed by atoms with van der Waals surface area (Å²) in [6.07, 6.45) is 2.43. The summed E-state index contributed by atoms with van der Waals surface area (Å²) in [4.78, 5) is 2.38.